The Morgan fingerprint density at radius 2 is 1.24 bits per heavy atom. The molecule has 0 heterocycles. The highest BCUT2D eigenvalue weighted by Crippen LogP contribution is 2.44. The largest absolute Gasteiger partial charge is 0.513 e. The lowest BCUT2D eigenvalue weighted by Gasteiger charge is -2.17. The second-order valence-corrected chi connectivity index (χ2v) is 6.60. The molecule has 0 aliphatic rings. The quantitative estimate of drug-likeness (QED) is 0.283. The Kier molecular flexibility index (Phi) is 6.54. The highest BCUT2D eigenvalue weighted by molar-refractivity contribution is 6.13. The first kappa shape index (κ1) is 20.5. The molecule has 0 radical (unpaired) electrons. The number of fused-ring (bicyclic) bond motifs is 2. The Morgan fingerprint density at radius 1 is 0.724 bits per heavy atom. The van der Waals surface area contributed by atoms with Gasteiger partial charge in [0, 0.05) is 21.5 Å². The molecule has 0 saturated carbocycles. The van der Waals surface area contributed by atoms with E-state index in [1.807, 2.05) is 63.2 Å². The fraction of sp³-hybridized carbons (Fsp3) is 0.304. The van der Waals surface area contributed by atoms with E-state index in [1.165, 1.54) is 0 Å². The molecule has 3 rings (SSSR count). The number of carbonyl (C=O) groups excluding carboxylic acids is 2. The van der Waals surface area contributed by atoms with Crippen LogP contribution in [0, 0.1) is 6.92 Å². The second-order valence-electron chi connectivity index (χ2n) is 6.60. The third kappa shape index (κ3) is 4.42. The molecular weight excluding hydrogens is 372 g/mol. The molecule has 3 aromatic carbocycles. The van der Waals surface area contributed by atoms with Crippen LogP contribution in [0.4, 0.5) is 9.59 Å². The first-order chi connectivity index (χ1) is 14.1. The molecule has 0 aromatic heterocycles. The van der Waals surface area contributed by atoms with Crippen LogP contribution in [0.5, 0.6) is 11.5 Å². The van der Waals surface area contributed by atoms with Gasteiger partial charge in [0.1, 0.15) is 5.75 Å². The first-order valence-electron chi connectivity index (χ1n) is 9.70. The van der Waals surface area contributed by atoms with Crippen LogP contribution in [0.15, 0.2) is 42.5 Å². The summed E-state index contributed by atoms with van der Waals surface area (Å²) in [5, 5.41) is 2.60. The number of benzene rings is 3. The van der Waals surface area contributed by atoms with Crippen molar-refractivity contribution in [2.45, 2.75) is 33.6 Å². The van der Waals surface area contributed by atoms with Crippen LogP contribution < -0.4 is 9.47 Å². The molecule has 0 bridgehead atoms. The Bertz CT molecular complexity index is 1040. The van der Waals surface area contributed by atoms with Crippen molar-refractivity contribution in [3.8, 4) is 11.5 Å². The van der Waals surface area contributed by atoms with Gasteiger partial charge in [-0.25, -0.2) is 9.59 Å². The van der Waals surface area contributed by atoms with Gasteiger partial charge in [0.25, 0.3) is 0 Å². The molecule has 0 aliphatic carbocycles. The maximum absolute atomic E-state index is 12.2. The summed E-state index contributed by atoms with van der Waals surface area (Å²) in [7, 11) is 0. The van der Waals surface area contributed by atoms with Crippen molar-refractivity contribution in [3.05, 3.63) is 48.0 Å². The van der Waals surface area contributed by atoms with Crippen LogP contribution in [0.3, 0.4) is 0 Å². The lowest BCUT2D eigenvalue weighted by molar-refractivity contribution is 0.0984. The zero-order chi connectivity index (χ0) is 20.8. The van der Waals surface area contributed by atoms with E-state index in [0.29, 0.717) is 45.9 Å². The van der Waals surface area contributed by atoms with Gasteiger partial charge in [-0.15, -0.1) is 0 Å². The molecule has 0 aliphatic heterocycles. The van der Waals surface area contributed by atoms with Gasteiger partial charge in [0.2, 0.25) is 0 Å². The van der Waals surface area contributed by atoms with Crippen LogP contribution in [-0.2, 0) is 9.47 Å². The summed E-state index contributed by atoms with van der Waals surface area (Å²) in [4.78, 5) is 24.4. The van der Waals surface area contributed by atoms with E-state index < -0.39 is 12.3 Å². The number of ether oxygens (including phenoxy) is 4. The van der Waals surface area contributed by atoms with Crippen molar-refractivity contribution < 1.29 is 28.5 Å². The highest BCUT2D eigenvalue weighted by atomic mass is 16.7. The summed E-state index contributed by atoms with van der Waals surface area (Å²) in [6.07, 6.45) is -0.140. The average molecular weight is 396 g/mol. The molecule has 29 heavy (non-hydrogen) atoms. The summed E-state index contributed by atoms with van der Waals surface area (Å²) in [5.74, 6) is 0.749. The third-order valence-corrected chi connectivity index (χ3v) is 4.38. The lowest BCUT2D eigenvalue weighted by Crippen LogP contribution is -2.13. The maximum atomic E-state index is 12.2. The van der Waals surface area contributed by atoms with E-state index in [1.54, 1.807) is 0 Å². The van der Waals surface area contributed by atoms with E-state index in [4.69, 9.17) is 18.9 Å². The summed E-state index contributed by atoms with van der Waals surface area (Å²) in [6.45, 7) is 6.27. The average Bonchev–Trinajstić information content (AvgIpc) is 2.73. The van der Waals surface area contributed by atoms with Crippen molar-refractivity contribution in [3.63, 3.8) is 0 Å². The van der Waals surface area contributed by atoms with Gasteiger partial charge < -0.3 is 18.9 Å². The van der Waals surface area contributed by atoms with Gasteiger partial charge in [0.05, 0.1) is 13.2 Å². The van der Waals surface area contributed by atoms with Crippen LogP contribution in [0.25, 0.3) is 21.5 Å². The van der Waals surface area contributed by atoms with Gasteiger partial charge in [-0.05, 0) is 25.3 Å². The van der Waals surface area contributed by atoms with E-state index in [2.05, 4.69) is 0 Å². The molecule has 6 nitrogen and oxygen atoms in total. The second kappa shape index (κ2) is 9.28. The fourth-order valence-electron chi connectivity index (χ4n) is 3.13. The van der Waals surface area contributed by atoms with Crippen molar-refractivity contribution in [2.75, 3.05) is 13.2 Å². The molecule has 6 heteroatoms. The molecule has 3 aromatic rings. The molecule has 0 saturated heterocycles. The van der Waals surface area contributed by atoms with Crippen molar-refractivity contribution in [1.29, 1.82) is 0 Å². The van der Waals surface area contributed by atoms with Crippen LogP contribution in [0.1, 0.15) is 32.3 Å². The molecule has 0 fully saturated rings. The predicted octanol–water partition coefficient (Wildman–Crippen LogP) is 6.15. The minimum Gasteiger partial charge on any atom is -0.434 e. The minimum absolute atomic E-state index is 0.276. The Hall–Kier alpha value is -3.28. The molecule has 0 amide bonds. The summed E-state index contributed by atoms with van der Waals surface area (Å²) in [5.41, 5.74) is 0.873. The Balaban J connectivity index is 2.19. The maximum Gasteiger partial charge on any atom is 0.513 e. The highest BCUT2D eigenvalue weighted by Gasteiger charge is 2.22. The molecule has 152 valence electrons. The molecule has 0 N–H and O–H groups in total. The van der Waals surface area contributed by atoms with Crippen LogP contribution in [0.2, 0.25) is 0 Å². The van der Waals surface area contributed by atoms with Gasteiger partial charge >= 0.3 is 12.3 Å². The molecule has 0 atom stereocenters. The molecule has 0 unspecified atom stereocenters. The SMILES string of the molecule is CCCOC(=O)Oc1c2ccccc2c(OC(=O)OCCC)c2c(C)cccc12. The van der Waals surface area contributed by atoms with Crippen molar-refractivity contribution >= 4 is 33.9 Å². The smallest absolute Gasteiger partial charge is 0.434 e. The summed E-state index contributed by atoms with van der Waals surface area (Å²) in [6, 6.07) is 12.9. The normalized spacial score (nSPS) is 10.7. The topological polar surface area (TPSA) is 71.1 Å². The van der Waals surface area contributed by atoms with Gasteiger partial charge in [-0.2, -0.15) is 0 Å². The Morgan fingerprint density at radius 3 is 1.83 bits per heavy atom. The Labute approximate surface area is 169 Å². The predicted molar refractivity (Wildman–Crippen MR) is 111 cm³/mol. The molecular formula is C23H24O6. The van der Waals surface area contributed by atoms with Gasteiger partial charge in [-0.3, -0.25) is 0 Å². The van der Waals surface area contributed by atoms with Crippen molar-refractivity contribution in [2.24, 2.45) is 0 Å². The lowest BCUT2D eigenvalue weighted by atomic mass is 9.97. The number of rotatable bonds is 6. The molecule has 0 spiro atoms. The van der Waals surface area contributed by atoms with Gasteiger partial charge in [0.15, 0.2) is 5.75 Å². The number of aryl methyl sites for hydroxylation is 1. The number of hydrogen-bond acceptors (Lipinski definition) is 6. The third-order valence-electron chi connectivity index (χ3n) is 4.38. The van der Waals surface area contributed by atoms with Gasteiger partial charge in [-0.1, -0.05) is 56.3 Å². The van der Waals surface area contributed by atoms with Crippen LogP contribution in [-0.4, -0.2) is 25.5 Å². The first-order valence-corrected chi connectivity index (χ1v) is 9.70. The summed E-state index contributed by atoms with van der Waals surface area (Å²) < 4.78 is 21.4. The zero-order valence-corrected chi connectivity index (χ0v) is 16.8. The number of carbonyl (C=O) groups is 2. The van der Waals surface area contributed by atoms with E-state index in [0.717, 1.165) is 5.56 Å². The minimum atomic E-state index is -0.768. The number of hydrogen-bond donors (Lipinski definition) is 0. The van der Waals surface area contributed by atoms with Crippen LogP contribution >= 0.6 is 0 Å². The van der Waals surface area contributed by atoms with Crippen molar-refractivity contribution in [1.82, 2.24) is 0 Å². The monoisotopic (exact) mass is 396 g/mol. The fourth-order valence-corrected chi connectivity index (χ4v) is 3.13. The zero-order valence-electron chi connectivity index (χ0n) is 16.8. The summed E-state index contributed by atoms with van der Waals surface area (Å²) >= 11 is 0. The van der Waals surface area contributed by atoms with E-state index in [9.17, 15) is 9.59 Å². The van der Waals surface area contributed by atoms with E-state index in [-0.39, 0.29) is 13.2 Å². The standard InChI is InChI=1S/C23H24O6/c1-4-13-26-22(24)28-20-16-10-6-7-11-17(16)21(29-23(25)27-14-5-2)19-15(3)9-8-12-18(19)20/h6-12H,4-5,13-14H2,1-3H3. The van der Waals surface area contributed by atoms with E-state index >= 15 is 0 Å².